The maximum absolute atomic E-state index is 5.80. The first-order valence-corrected chi connectivity index (χ1v) is 3.16. The van der Waals surface area contributed by atoms with Crippen LogP contribution in [-0.2, 0) is 0 Å². The van der Waals surface area contributed by atoms with E-state index in [0.717, 1.165) is 0 Å². The maximum Gasteiger partial charge on any atom is 0.0278 e. The third-order valence-electron chi connectivity index (χ3n) is 1.95. The first-order valence-electron chi connectivity index (χ1n) is 3.16. The molecular weight excluding hydrogens is 171 g/mol. The summed E-state index contributed by atoms with van der Waals surface area (Å²) in [5, 5.41) is 0. The molecule has 0 saturated heterocycles. The quantitative estimate of drug-likeness (QED) is 0.675. The van der Waals surface area contributed by atoms with Gasteiger partial charge in [0.2, 0.25) is 0 Å². The number of hydrogen-bond acceptors (Lipinski definition) is 2. The Morgan fingerprint density at radius 2 is 1.80 bits per heavy atom. The Balaban J connectivity index is 0. The van der Waals surface area contributed by atoms with Crippen LogP contribution < -0.4 is 11.5 Å². The van der Waals surface area contributed by atoms with Crippen molar-refractivity contribution in [3.8, 4) is 0 Å². The van der Waals surface area contributed by atoms with Crippen molar-refractivity contribution in [3.63, 3.8) is 0 Å². The maximum atomic E-state index is 5.80. The van der Waals surface area contributed by atoms with Gasteiger partial charge in [-0.15, -0.1) is 24.8 Å². The van der Waals surface area contributed by atoms with Gasteiger partial charge < -0.3 is 11.5 Å². The van der Waals surface area contributed by atoms with Gasteiger partial charge in [-0.2, -0.15) is 0 Å². The molecule has 0 radical (unpaired) electrons. The topological polar surface area (TPSA) is 52.0 Å². The van der Waals surface area contributed by atoms with E-state index in [1.807, 2.05) is 6.92 Å². The number of hydrogen-bond donors (Lipinski definition) is 2. The van der Waals surface area contributed by atoms with Crippen molar-refractivity contribution in [2.24, 2.45) is 17.4 Å². The van der Waals surface area contributed by atoms with Crippen LogP contribution in [0.2, 0.25) is 0 Å². The highest BCUT2D eigenvalue weighted by molar-refractivity contribution is 5.85. The van der Waals surface area contributed by atoms with E-state index in [1.54, 1.807) is 0 Å². The van der Waals surface area contributed by atoms with E-state index in [1.165, 1.54) is 12.8 Å². The predicted octanol–water partition coefficient (Wildman–Crippen LogP) is 0.916. The predicted molar refractivity (Wildman–Crippen MR) is 48.9 cm³/mol. The van der Waals surface area contributed by atoms with Gasteiger partial charge in [0.1, 0.15) is 0 Å². The van der Waals surface area contributed by atoms with Crippen LogP contribution in [0.15, 0.2) is 0 Å². The zero-order valence-corrected chi connectivity index (χ0v) is 7.80. The summed E-state index contributed by atoms with van der Waals surface area (Å²) in [7, 11) is 0. The SMILES string of the molecule is CC(N)(CN)C1CC1.Cl.Cl. The lowest BCUT2D eigenvalue weighted by molar-refractivity contribution is 0.420. The van der Waals surface area contributed by atoms with E-state index in [9.17, 15) is 0 Å². The summed E-state index contributed by atoms with van der Waals surface area (Å²) in [5.74, 6) is 0.715. The number of rotatable bonds is 2. The molecule has 0 aromatic carbocycles. The highest BCUT2D eigenvalue weighted by Crippen LogP contribution is 2.37. The molecule has 0 heterocycles. The molecule has 0 bridgehead atoms. The Kier molecular flexibility index (Phi) is 5.76. The minimum Gasteiger partial charge on any atom is -0.329 e. The summed E-state index contributed by atoms with van der Waals surface area (Å²) in [6.07, 6.45) is 2.56. The second-order valence-corrected chi connectivity index (χ2v) is 2.98. The molecule has 1 aliphatic rings. The van der Waals surface area contributed by atoms with Gasteiger partial charge in [0.25, 0.3) is 0 Å². The smallest absolute Gasteiger partial charge is 0.0278 e. The highest BCUT2D eigenvalue weighted by Gasteiger charge is 2.36. The highest BCUT2D eigenvalue weighted by atomic mass is 35.5. The van der Waals surface area contributed by atoms with E-state index in [4.69, 9.17) is 11.5 Å². The third kappa shape index (κ3) is 3.06. The summed E-state index contributed by atoms with van der Waals surface area (Å²) >= 11 is 0. The van der Waals surface area contributed by atoms with Gasteiger partial charge in [-0.25, -0.2) is 0 Å². The van der Waals surface area contributed by atoms with Gasteiger partial charge in [0.05, 0.1) is 0 Å². The second kappa shape index (κ2) is 4.39. The van der Waals surface area contributed by atoms with E-state index in [2.05, 4.69) is 0 Å². The molecule has 64 valence electrons. The molecule has 1 rings (SSSR count). The first kappa shape index (κ1) is 13.1. The Labute approximate surface area is 74.5 Å². The molecule has 4 heteroatoms. The number of nitrogens with two attached hydrogens (primary N) is 2. The van der Waals surface area contributed by atoms with Crippen molar-refractivity contribution < 1.29 is 0 Å². The van der Waals surface area contributed by atoms with Crippen molar-refractivity contribution in [3.05, 3.63) is 0 Å². The lowest BCUT2D eigenvalue weighted by atomic mass is 9.98. The molecule has 1 aliphatic carbocycles. The largest absolute Gasteiger partial charge is 0.329 e. The lowest BCUT2D eigenvalue weighted by Gasteiger charge is -2.20. The van der Waals surface area contributed by atoms with Crippen LogP contribution in [-0.4, -0.2) is 12.1 Å². The first-order chi connectivity index (χ1) is 3.67. The van der Waals surface area contributed by atoms with Crippen LogP contribution in [0.25, 0.3) is 0 Å². The molecule has 0 amide bonds. The second-order valence-electron chi connectivity index (χ2n) is 2.98. The zero-order chi connectivity index (χ0) is 6.20. The van der Waals surface area contributed by atoms with E-state index < -0.39 is 0 Å². The van der Waals surface area contributed by atoms with Crippen molar-refractivity contribution in [1.82, 2.24) is 0 Å². The van der Waals surface area contributed by atoms with Gasteiger partial charge in [-0.1, -0.05) is 0 Å². The minimum atomic E-state index is -0.0694. The van der Waals surface area contributed by atoms with Gasteiger partial charge >= 0.3 is 0 Å². The fourth-order valence-electron chi connectivity index (χ4n) is 0.909. The zero-order valence-electron chi connectivity index (χ0n) is 6.17. The molecule has 2 nitrogen and oxygen atoms in total. The van der Waals surface area contributed by atoms with Gasteiger partial charge in [-0.3, -0.25) is 0 Å². The molecule has 10 heavy (non-hydrogen) atoms. The van der Waals surface area contributed by atoms with E-state index in [0.29, 0.717) is 12.5 Å². The Morgan fingerprint density at radius 3 is 1.90 bits per heavy atom. The summed E-state index contributed by atoms with van der Waals surface area (Å²) in [6.45, 7) is 2.66. The molecule has 0 spiro atoms. The van der Waals surface area contributed by atoms with Gasteiger partial charge in [-0.05, 0) is 25.7 Å². The lowest BCUT2D eigenvalue weighted by Crippen LogP contribution is -2.45. The van der Waals surface area contributed by atoms with Gasteiger partial charge in [0.15, 0.2) is 0 Å². The van der Waals surface area contributed by atoms with E-state index in [-0.39, 0.29) is 30.4 Å². The number of halogens is 2. The average Bonchev–Trinajstić information content (AvgIpc) is 2.44. The van der Waals surface area contributed by atoms with Crippen LogP contribution in [0, 0.1) is 5.92 Å². The summed E-state index contributed by atoms with van der Waals surface area (Å²) in [6, 6.07) is 0. The summed E-state index contributed by atoms with van der Waals surface area (Å²) < 4.78 is 0. The molecule has 1 atom stereocenters. The van der Waals surface area contributed by atoms with Crippen molar-refractivity contribution >= 4 is 24.8 Å². The average molecular weight is 187 g/mol. The molecule has 1 unspecified atom stereocenters. The van der Waals surface area contributed by atoms with E-state index >= 15 is 0 Å². The Hall–Kier alpha value is 0.500. The van der Waals surface area contributed by atoms with Crippen LogP contribution in [0.1, 0.15) is 19.8 Å². The van der Waals surface area contributed by atoms with Gasteiger partial charge in [0, 0.05) is 12.1 Å². The monoisotopic (exact) mass is 186 g/mol. The molecule has 0 aliphatic heterocycles. The normalized spacial score (nSPS) is 21.9. The van der Waals surface area contributed by atoms with Crippen LogP contribution in [0.4, 0.5) is 0 Å². The third-order valence-corrected chi connectivity index (χ3v) is 1.95. The van der Waals surface area contributed by atoms with Crippen LogP contribution in [0.3, 0.4) is 0 Å². The minimum absolute atomic E-state index is 0. The van der Waals surface area contributed by atoms with Crippen molar-refractivity contribution in [2.45, 2.75) is 25.3 Å². The summed E-state index contributed by atoms with van der Waals surface area (Å²) in [5.41, 5.74) is 11.1. The molecule has 1 saturated carbocycles. The van der Waals surface area contributed by atoms with Crippen LogP contribution >= 0.6 is 24.8 Å². The molecule has 4 N–H and O–H groups in total. The molecule has 1 fully saturated rings. The summed E-state index contributed by atoms with van der Waals surface area (Å²) in [4.78, 5) is 0. The standard InChI is InChI=1S/C6H14N2.2ClH/c1-6(8,4-7)5-2-3-5;;/h5H,2-4,7-8H2,1H3;2*1H. The fourth-order valence-corrected chi connectivity index (χ4v) is 0.909. The Morgan fingerprint density at radius 1 is 1.40 bits per heavy atom. The van der Waals surface area contributed by atoms with Crippen molar-refractivity contribution in [2.75, 3.05) is 6.54 Å². The van der Waals surface area contributed by atoms with Crippen molar-refractivity contribution in [1.29, 1.82) is 0 Å². The van der Waals surface area contributed by atoms with Crippen LogP contribution in [0.5, 0.6) is 0 Å². The molecule has 0 aromatic heterocycles. The molecule has 0 aromatic rings. The Bertz CT molecular complexity index is 91.7. The molecular formula is C6H16Cl2N2. The fraction of sp³-hybridized carbons (Fsp3) is 1.00.